The molecule has 0 fully saturated rings. The second kappa shape index (κ2) is 3.80. The number of nitrogens with one attached hydrogen (secondary N) is 1. The molecule has 4 nitrogen and oxygen atoms in total. The van der Waals surface area contributed by atoms with Gasteiger partial charge in [-0.2, -0.15) is 0 Å². The predicted octanol–water partition coefficient (Wildman–Crippen LogP) is 0.987. The van der Waals surface area contributed by atoms with Gasteiger partial charge < -0.3 is 4.98 Å². The van der Waals surface area contributed by atoms with E-state index in [0.29, 0.717) is 18.4 Å². The van der Waals surface area contributed by atoms with E-state index in [2.05, 4.69) is 9.97 Å². The minimum absolute atomic E-state index is 0.202. The van der Waals surface area contributed by atoms with Crippen LogP contribution in [0, 0.1) is 0 Å². The summed E-state index contributed by atoms with van der Waals surface area (Å²) in [5.41, 5.74) is 0.474. The summed E-state index contributed by atoms with van der Waals surface area (Å²) in [5.74, 6) is 0.696. The molecule has 1 aromatic rings. The Labute approximate surface area is 70.0 Å². The first-order chi connectivity index (χ1) is 5.81. The number of aldehydes is 2. The number of carbonyl (C=O) groups excluding carboxylic acids is 2. The van der Waals surface area contributed by atoms with Crippen LogP contribution >= 0.6 is 0 Å². The van der Waals surface area contributed by atoms with Crippen LogP contribution in [-0.2, 0) is 6.42 Å². The Morgan fingerprint density at radius 3 is 2.58 bits per heavy atom. The summed E-state index contributed by atoms with van der Waals surface area (Å²) in [6.45, 7) is 2.00. The van der Waals surface area contributed by atoms with Gasteiger partial charge in [-0.1, -0.05) is 6.92 Å². The molecule has 0 radical (unpaired) electrons. The maximum atomic E-state index is 10.4. The molecule has 1 aromatic heterocycles. The summed E-state index contributed by atoms with van der Waals surface area (Å²) in [6, 6.07) is 0. The predicted molar refractivity (Wildman–Crippen MR) is 43.4 cm³/mol. The van der Waals surface area contributed by atoms with E-state index in [9.17, 15) is 9.59 Å². The highest BCUT2D eigenvalue weighted by atomic mass is 16.1. The van der Waals surface area contributed by atoms with Gasteiger partial charge in [0.15, 0.2) is 12.6 Å². The van der Waals surface area contributed by atoms with Gasteiger partial charge in [0.25, 0.3) is 0 Å². The van der Waals surface area contributed by atoms with Crippen molar-refractivity contribution in [2.45, 2.75) is 19.8 Å². The molecule has 0 saturated heterocycles. The fraction of sp³-hybridized carbons (Fsp3) is 0.375. The van der Waals surface area contributed by atoms with Gasteiger partial charge in [0.2, 0.25) is 0 Å². The van der Waals surface area contributed by atoms with Crippen LogP contribution in [-0.4, -0.2) is 22.5 Å². The maximum Gasteiger partial charge on any atom is 0.170 e. The normalized spacial score (nSPS) is 9.75. The molecule has 1 N–H and O–H groups in total. The number of nitrogens with zero attached hydrogens (tertiary/aromatic N) is 1. The molecule has 64 valence electrons. The fourth-order valence-corrected chi connectivity index (χ4v) is 0.988. The molecule has 4 heteroatoms. The second-order valence-electron chi connectivity index (χ2n) is 2.47. The topological polar surface area (TPSA) is 62.8 Å². The molecular formula is C8H10N2O2. The monoisotopic (exact) mass is 166 g/mol. The molecule has 0 aliphatic carbocycles. The minimum Gasteiger partial charge on any atom is -0.339 e. The van der Waals surface area contributed by atoms with Crippen molar-refractivity contribution in [1.82, 2.24) is 9.97 Å². The molecular weight excluding hydrogens is 156 g/mol. The number of carbonyl (C=O) groups is 2. The molecule has 12 heavy (non-hydrogen) atoms. The maximum absolute atomic E-state index is 10.4. The summed E-state index contributed by atoms with van der Waals surface area (Å²) >= 11 is 0. The van der Waals surface area contributed by atoms with Gasteiger partial charge in [-0.3, -0.25) is 9.59 Å². The highest BCUT2D eigenvalue weighted by Crippen LogP contribution is 2.03. The highest BCUT2D eigenvalue weighted by molar-refractivity contribution is 5.86. The molecule has 0 amide bonds. The lowest BCUT2D eigenvalue weighted by atomic mass is 10.3. The summed E-state index contributed by atoms with van der Waals surface area (Å²) in [6.07, 6.45) is 2.88. The van der Waals surface area contributed by atoms with Crippen LogP contribution in [0.5, 0.6) is 0 Å². The molecule has 0 spiro atoms. The Morgan fingerprint density at radius 2 is 2.17 bits per heavy atom. The van der Waals surface area contributed by atoms with Crippen molar-refractivity contribution >= 4 is 12.6 Å². The third kappa shape index (κ3) is 1.58. The van der Waals surface area contributed by atoms with Crippen molar-refractivity contribution in [2.24, 2.45) is 0 Å². The standard InChI is InChI=1S/C8H10N2O2/c1-2-3-8-9-6(4-11)7(5-12)10-8/h4-5H,2-3H2,1H3,(H,9,10). The Balaban J connectivity index is 2.96. The van der Waals surface area contributed by atoms with E-state index >= 15 is 0 Å². The van der Waals surface area contributed by atoms with Crippen molar-refractivity contribution in [2.75, 3.05) is 0 Å². The van der Waals surface area contributed by atoms with Crippen molar-refractivity contribution in [3.05, 3.63) is 17.2 Å². The van der Waals surface area contributed by atoms with Crippen LogP contribution in [0.15, 0.2) is 0 Å². The van der Waals surface area contributed by atoms with Gasteiger partial charge >= 0.3 is 0 Å². The van der Waals surface area contributed by atoms with Crippen molar-refractivity contribution in [3.8, 4) is 0 Å². The lowest BCUT2D eigenvalue weighted by Crippen LogP contribution is -1.86. The van der Waals surface area contributed by atoms with Crippen LogP contribution in [0.3, 0.4) is 0 Å². The lowest BCUT2D eigenvalue weighted by Gasteiger charge is -1.87. The second-order valence-corrected chi connectivity index (χ2v) is 2.47. The number of hydrogen-bond donors (Lipinski definition) is 1. The molecule has 0 aliphatic heterocycles. The average molecular weight is 166 g/mol. The SMILES string of the molecule is CCCc1nc(C=O)c(C=O)[nH]1. The Kier molecular flexibility index (Phi) is 2.74. The third-order valence-electron chi connectivity index (χ3n) is 1.53. The summed E-state index contributed by atoms with van der Waals surface area (Å²) < 4.78 is 0. The third-order valence-corrected chi connectivity index (χ3v) is 1.53. The van der Waals surface area contributed by atoms with Crippen LogP contribution < -0.4 is 0 Å². The van der Waals surface area contributed by atoms with Gasteiger partial charge in [0, 0.05) is 6.42 Å². The Morgan fingerprint density at radius 1 is 1.42 bits per heavy atom. The smallest absolute Gasteiger partial charge is 0.170 e. The number of aromatic nitrogens is 2. The van der Waals surface area contributed by atoms with Crippen LogP contribution in [0.4, 0.5) is 0 Å². The van der Waals surface area contributed by atoms with Crippen molar-refractivity contribution in [3.63, 3.8) is 0 Å². The first kappa shape index (κ1) is 8.64. The van der Waals surface area contributed by atoms with Crippen molar-refractivity contribution < 1.29 is 9.59 Å². The van der Waals surface area contributed by atoms with Crippen LogP contribution in [0.2, 0.25) is 0 Å². The van der Waals surface area contributed by atoms with Gasteiger partial charge in [-0.05, 0) is 6.42 Å². The zero-order valence-electron chi connectivity index (χ0n) is 6.83. The number of rotatable bonds is 4. The number of hydrogen-bond acceptors (Lipinski definition) is 3. The van der Waals surface area contributed by atoms with E-state index in [0.717, 1.165) is 12.8 Å². The summed E-state index contributed by atoms with van der Waals surface area (Å²) in [5, 5.41) is 0. The molecule has 0 aromatic carbocycles. The molecule has 1 heterocycles. The molecule has 0 saturated carbocycles. The average Bonchev–Trinajstić information content (AvgIpc) is 2.48. The lowest BCUT2D eigenvalue weighted by molar-refractivity contribution is 0.109. The van der Waals surface area contributed by atoms with E-state index in [-0.39, 0.29) is 11.4 Å². The molecule has 1 rings (SSSR count). The summed E-state index contributed by atoms with van der Waals surface area (Å²) in [7, 11) is 0. The number of imidazole rings is 1. The number of H-pyrrole nitrogens is 1. The van der Waals surface area contributed by atoms with Gasteiger partial charge in [0.05, 0.1) is 0 Å². The molecule has 0 aliphatic rings. The quantitative estimate of drug-likeness (QED) is 0.678. The summed E-state index contributed by atoms with van der Waals surface area (Å²) in [4.78, 5) is 27.4. The highest BCUT2D eigenvalue weighted by Gasteiger charge is 2.06. The van der Waals surface area contributed by atoms with Crippen molar-refractivity contribution in [1.29, 1.82) is 0 Å². The van der Waals surface area contributed by atoms with Gasteiger partial charge in [-0.25, -0.2) is 4.98 Å². The zero-order valence-corrected chi connectivity index (χ0v) is 6.83. The fourth-order valence-electron chi connectivity index (χ4n) is 0.988. The largest absolute Gasteiger partial charge is 0.339 e. The molecule has 0 atom stereocenters. The van der Waals surface area contributed by atoms with E-state index < -0.39 is 0 Å². The van der Waals surface area contributed by atoms with E-state index in [1.807, 2.05) is 6.92 Å². The number of aromatic amines is 1. The Hall–Kier alpha value is -1.45. The molecule has 0 unspecified atom stereocenters. The molecule has 0 bridgehead atoms. The van der Waals surface area contributed by atoms with Gasteiger partial charge in [0.1, 0.15) is 17.2 Å². The van der Waals surface area contributed by atoms with Gasteiger partial charge in [-0.15, -0.1) is 0 Å². The first-order valence-corrected chi connectivity index (χ1v) is 3.81. The van der Waals surface area contributed by atoms with E-state index in [1.54, 1.807) is 0 Å². The first-order valence-electron chi connectivity index (χ1n) is 3.81. The number of aryl methyl sites for hydroxylation is 1. The van der Waals surface area contributed by atoms with E-state index in [4.69, 9.17) is 0 Å². The van der Waals surface area contributed by atoms with Crippen LogP contribution in [0.1, 0.15) is 40.1 Å². The van der Waals surface area contributed by atoms with E-state index in [1.165, 1.54) is 0 Å². The minimum atomic E-state index is 0.202. The van der Waals surface area contributed by atoms with Crippen LogP contribution in [0.25, 0.3) is 0 Å². The Bertz CT molecular complexity index is 266. The zero-order chi connectivity index (χ0) is 8.97.